The molecule has 0 saturated carbocycles. The standard InChI is InChI=1S/C12H16N2S2.ClH/c1-3-11(12-14-9(2)7-16-12)13-6-10-4-5-15-8-10;/h4-5,7-8,11,13H,3,6H2,1-2H3;1H. The van der Waals surface area contributed by atoms with Crippen LogP contribution in [0.15, 0.2) is 22.2 Å². The molecule has 94 valence electrons. The summed E-state index contributed by atoms with van der Waals surface area (Å²) in [5, 5.41) is 11.2. The summed E-state index contributed by atoms with van der Waals surface area (Å²) in [6.45, 7) is 5.17. The van der Waals surface area contributed by atoms with Crippen LogP contribution in [0.3, 0.4) is 0 Å². The molecule has 1 unspecified atom stereocenters. The molecule has 2 heterocycles. The molecule has 5 heteroatoms. The molecule has 0 fully saturated rings. The fourth-order valence-electron chi connectivity index (χ4n) is 1.57. The maximum absolute atomic E-state index is 4.54. The van der Waals surface area contributed by atoms with Crippen LogP contribution in [0.4, 0.5) is 0 Å². The molecule has 0 aliphatic heterocycles. The first-order valence-electron chi connectivity index (χ1n) is 5.46. The van der Waals surface area contributed by atoms with E-state index >= 15 is 0 Å². The SMILES string of the molecule is CCC(NCc1ccsc1)c1nc(C)cs1.Cl. The summed E-state index contributed by atoms with van der Waals surface area (Å²) in [4.78, 5) is 4.54. The van der Waals surface area contributed by atoms with Crippen molar-refractivity contribution in [2.24, 2.45) is 0 Å². The fraction of sp³-hybridized carbons (Fsp3) is 0.417. The molecule has 2 aromatic heterocycles. The van der Waals surface area contributed by atoms with Gasteiger partial charge in [0.15, 0.2) is 0 Å². The van der Waals surface area contributed by atoms with Gasteiger partial charge < -0.3 is 5.32 Å². The lowest BCUT2D eigenvalue weighted by Gasteiger charge is -2.13. The van der Waals surface area contributed by atoms with Crippen molar-refractivity contribution in [2.45, 2.75) is 32.9 Å². The molecule has 2 aromatic rings. The average molecular weight is 289 g/mol. The third-order valence-electron chi connectivity index (χ3n) is 2.48. The molecule has 2 rings (SSSR count). The molecular formula is C12H17ClN2S2. The lowest BCUT2D eigenvalue weighted by Crippen LogP contribution is -2.19. The van der Waals surface area contributed by atoms with E-state index in [2.05, 4.69) is 39.4 Å². The predicted molar refractivity (Wildman–Crippen MR) is 78.3 cm³/mol. The number of aryl methyl sites for hydroxylation is 1. The van der Waals surface area contributed by atoms with Crippen molar-refractivity contribution in [3.8, 4) is 0 Å². The van der Waals surface area contributed by atoms with Gasteiger partial charge in [-0.05, 0) is 35.7 Å². The zero-order valence-electron chi connectivity index (χ0n) is 9.97. The van der Waals surface area contributed by atoms with Gasteiger partial charge in [0, 0.05) is 17.6 Å². The molecule has 1 atom stereocenters. The molecule has 0 aromatic carbocycles. The summed E-state index contributed by atoms with van der Waals surface area (Å²) >= 11 is 3.49. The van der Waals surface area contributed by atoms with Gasteiger partial charge in [-0.1, -0.05) is 6.92 Å². The maximum atomic E-state index is 4.54. The van der Waals surface area contributed by atoms with E-state index in [-0.39, 0.29) is 12.4 Å². The second-order valence-corrected chi connectivity index (χ2v) is 5.47. The van der Waals surface area contributed by atoms with Crippen molar-refractivity contribution in [1.82, 2.24) is 10.3 Å². The van der Waals surface area contributed by atoms with E-state index in [9.17, 15) is 0 Å². The van der Waals surface area contributed by atoms with Gasteiger partial charge in [-0.2, -0.15) is 11.3 Å². The Balaban J connectivity index is 0.00000144. The first-order chi connectivity index (χ1) is 7.79. The number of thiophene rings is 1. The van der Waals surface area contributed by atoms with Crippen LogP contribution < -0.4 is 5.32 Å². The van der Waals surface area contributed by atoms with E-state index in [1.807, 2.05) is 6.92 Å². The van der Waals surface area contributed by atoms with Crippen molar-refractivity contribution in [1.29, 1.82) is 0 Å². The van der Waals surface area contributed by atoms with Crippen LogP contribution in [0.25, 0.3) is 0 Å². The summed E-state index contributed by atoms with van der Waals surface area (Å²) in [5.74, 6) is 0. The van der Waals surface area contributed by atoms with Crippen LogP contribution in [-0.2, 0) is 6.54 Å². The molecule has 2 nitrogen and oxygen atoms in total. The van der Waals surface area contributed by atoms with Crippen molar-refractivity contribution >= 4 is 35.1 Å². The highest BCUT2D eigenvalue weighted by atomic mass is 35.5. The minimum Gasteiger partial charge on any atom is -0.304 e. The normalized spacial score (nSPS) is 12.1. The Morgan fingerprint density at radius 2 is 2.24 bits per heavy atom. The van der Waals surface area contributed by atoms with Crippen molar-refractivity contribution in [3.63, 3.8) is 0 Å². The molecule has 0 bridgehead atoms. The summed E-state index contributed by atoms with van der Waals surface area (Å²) in [5.41, 5.74) is 2.48. The lowest BCUT2D eigenvalue weighted by molar-refractivity contribution is 0.516. The Hall–Kier alpha value is -0.420. The number of hydrogen-bond acceptors (Lipinski definition) is 4. The van der Waals surface area contributed by atoms with Crippen LogP contribution in [0.2, 0.25) is 0 Å². The first-order valence-corrected chi connectivity index (χ1v) is 7.28. The van der Waals surface area contributed by atoms with Gasteiger partial charge in [0.1, 0.15) is 5.01 Å². The van der Waals surface area contributed by atoms with Crippen LogP contribution in [0.1, 0.15) is 35.7 Å². The van der Waals surface area contributed by atoms with Gasteiger partial charge in [-0.3, -0.25) is 0 Å². The number of nitrogens with zero attached hydrogens (tertiary/aromatic N) is 1. The summed E-state index contributed by atoms with van der Waals surface area (Å²) < 4.78 is 0. The van der Waals surface area contributed by atoms with Crippen LogP contribution in [-0.4, -0.2) is 4.98 Å². The summed E-state index contributed by atoms with van der Waals surface area (Å²) in [7, 11) is 0. The molecule has 0 radical (unpaired) electrons. The van der Waals surface area contributed by atoms with E-state index in [1.54, 1.807) is 22.7 Å². The zero-order chi connectivity index (χ0) is 11.4. The van der Waals surface area contributed by atoms with Crippen LogP contribution in [0.5, 0.6) is 0 Å². The number of hydrogen-bond donors (Lipinski definition) is 1. The van der Waals surface area contributed by atoms with Crippen molar-refractivity contribution < 1.29 is 0 Å². The first kappa shape index (κ1) is 14.6. The average Bonchev–Trinajstić information content (AvgIpc) is 2.91. The summed E-state index contributed by atoms with van der Waals surface area (Å²) in [6, 6.07) is 2.55. The highest BCUT2D eigenvalue weighted by molar-refractivity contribution is 7.09. The van der Waals surface area contributed by atoms with Gasteiger partial charge in [0.2, 0.25) is 0 Å². The molecule has 0 aliphatic carbocycles. The van der Waals surface area contributed by atoms with Gasteiger partial charge in [-0.15, -0.1) is 23.7 Å². The highest BCUT2D eigenvalue weighted by Crippen LogP contribution is 2.21. The fourth-order valence-corrected chi connectivity index (χ4v) is 3.20. The highest BCUT2D eigenvalue weighted by Gasteiger charge is 2.12. The van der Waals surface area contributed by atoms with Crippen LogP contribution in [0, 0.1) is 6.92 Å². The number of halogens is 1. The molecule has 0 saturated heterocycles. The van der Waals surface area contributed by atoms with Crippen molar-refractivity contribution in [3.05, 3.63) is 38.5 Å². The van der Waals surface area contributed by atoms with E-state index in [0.717, 1.165) is 18.7 Å². The maximum Gasteiger partial charge on any atom is 0.110 e. The molecular weight excluding hydrogens is 272 g/mol. The Morgan fingerprint density at radius 1 is 1.41 bits per heavy atom. The van der Waals surface area contributed by atoms with Crippen LogP contribution >= 0.6 is 35.1 Å². The quantitative estimate of drug-likeness (QED) is 0.893. The molecule has 0 amide bonds. The molecule has 0 aliphatic rings. The number of rotatable bonds is 5. The largest absolute Gasteiger partial charge is 0.304 e. The molecule has 1 N–H and O–H groups in total. The van der Waals surface area contributed by atoms with E-state index < -0.39 is 0 Å². The lowest BCUT2D eigenvalue weighted by atomic mass is 10.2. The second-order valence-electron chi connectivity index (χ2n) is 3.80. The number of thiazole rings is 1. The Labute approximate surface area is 117 Å². The number of aromatic nitrogens is 1. The van der Waals surface area contributed by atoms with E-state index in [0.29, 0.717) is 6.04 Å². The van der Waals surface area contributed by atoms with E-state index in [4.69, 9.17) is 0 Å². The predicted octanol–water partition coefficient (Wildman–Crippen LogP) is 4.18. The van der Waals surface area contributed by atoms with Gasteiger partial charge in [0.25, 0.3) is 0 Å². The Morgan fingerprint density at radius 3 is 2.76 bits per heavy atom. The minimum absolute atomic E-state index is 0. The van der Waals surface area contributed by atoms with Gasteiger partial charge in [0.05, 0.1) is 6.04 Å². The number of nitrogens with one attached hydrogen (secondary N) is 1. The minimum atomic E-state index is 0. The zero-order valence-corrected chi connectivity index (χ0v) is 12.4. The van der Waals surface area contributed by atoms with Gasteiger partial charge >= 0.3 is 0 Å². The Kier molecular flexibility index (Phi) is 6.12. The third-order valence-corrected chi connectivity index (χ3v) is 4.28. The van der Waals surface area contributed by atoms with Gasteiger partial charge in [-0.25, -0.2) is 4.98 Å². The molecule has 17 heavy (non-hydrogen) atoms. The molecule has 0 spiro atoms. The van der Waals surface area contributed by atoms with E-state index in [1.165, 1.54) is 10.6 Å². The summed E-state index contributed by atoms with van der Waals surface area (Å²) in [6.07, 6.45) is 1.08. The van der Waals surface area contributed by atoms with Crippen molar-refractivity contribution in [2.75, 3.05) is 0 Å². The topological polar surface area (TPSA) is 24.9 Å². The smallest absolute Gasteiger partial charge is 0.110 e. The monoisotopic (exact) mass is 288 g/mol. The third kappa shape index (κ3) is 4.07. The second kappa shape index (κ2) is 7.11. The Bertz CT molecular complexity index is 425.